The SMILES string of the molecule is CN1CN(CC(F)(F)F)CN1. The number of hydrogen-bond donors (Lipinski definition) is 1. The van der Waals surface area contributed by atoms with E-state index in [2.05, 4.69) is 5.43 Å². The third kappa shape index (κ3) is 3.04. The molecule has 6 heteroatoms. The summed E-state index contributed by atoms with van der Waals surface area (Å²) in [7, 11) is 1.70. The maximum absolute atomic E-state index is 11.7. The number of halogens is 3. The minimum absolute atomic E-state index is 0.274. The van der Waals surface area contributed by atoms with Gasteiger partial charge in [0, 0.05) is 7.05 Å². The maximum atomic E-state index is 11.7. The van der Waals surface area contributed by atoms with Gasteiger partial charge in [0.15, 0.2) is 0 Å². The molecule has 1 rings (SSSR count). The predicted octanol–water partition coefficient (Wildman–Crippen LogP) is 0.216. The van der Waals surface area contributed by atoms with Gasteiger partial charge in [0.05, 0.1) is 19.9 Å². The Balaban J connectivity index is 2.29. The van der Waals surface area contributed by atoms with Crippen LogP contribution in [0.5, 0.6) is 0 Å². The van der Waals surface area contributed by atoms with Crippen molar-refractivity contribution >= 4 is 0 Å². The van der Waals surface area contributed by atoms with Crippen LogP contribution in [-0.4, -0.2) is 43.0 Å². The zero-order valence-electron chi connectivity index (χ0n) is 6.15. The Morgan fingerprint density at radius 1 is 1.45 bits per heavy atom. The number of alkyl halides is 3. The molecule has 0 unspecified atom stereocenters. The lowest BCUT2D eigenvalue weighted by Gasteiger charge is -2.15. The number of hydrogen-bond acceptors (Lipinski definition) is 3. The van der Waals surface area contributed by atoms with E-state index in [0.29, 0.717) is 6.67 Å². The van der Waals surface area contributed by atoms with E-state index in [1.165, 1.54) is 4.90 Å². The van der Waals surface area contributed by atoms with Gasteiger partial charge in [-0.2, -0.15) is 13.2 Å². The quantitative estimate of drug-likeness (QED) is 0.605. The van der Waals surface area contributed by atoms with Crippen LogP contribution in [0.1, 0.15) is 0 Å². The van der Waals surface area contributed by atoms with Crippen LogP contribution in [0.4, 0.5) is 13.2 Å². The topological polar surface area (TPSA) is 18.5 Å². The molecular weight excluding hydrogens is 159 g/mol. The van der Waals surface area contributed by atoms with Crippen molar-refractivity contribution in [2.45, 2.75) is 6.18 Å². The fraction of sp³-hybridized carbons (Fsp3) is 1.00. The molecule has 0 radical (unpaired) electrons. The maximum Gasteiger partial charge on any atom is 0.401 e. The van der Waals surface area contributed by atoms with E-state index >= 15 is 0 Å². The monoisotopic (exact) mass is 169 g/mol. The van der Waals surface area contributed by atoms with Crippen molar-refractivity contribution in [3.8, 4) is 0 Å². The third-order valence-corrected chi connectivity index (χ3v) is 1.38. The van der Waals surface area contributed by atoms with E-state index in [0.717, 1.165) is 0 Å². The average Bonchev–Trinajstić information content (AvgIpc) is 2.10. The number of hydrazine groups is 1. The molecule has 0 saturated carbocycles. The Bertz CT molecular complexity index is 135. The van der Waals surface area contributed by atoms with Gasteiger partial charge in [0.1, 0.15) is 0 Å². The average molecular weight is 169 g/mol. The van der Waals surface area contributed by atoms with Crippen molar-refractivity contribution in [3.63, 3.8) is 0 Å². The van der Waals surface area contributed by atoms with E-state index < -0.39 is 12.7 Å². The molecule has 0 amide bonds. The summed E-state index contributed by atoms with van der Waals surface area (Å²) in [6.45, 7) is -0.250. The molecule has 0 atom stereocenters. The minimum atomic E-state index is -4.09. The molecule has 0 aromatic carbocycles. The van der Waals surface area contributed by atoms with E-state index in [-0.39, 0.29) is 6.67 Å². The van der Waals surface area contributed by atoms with E-state index in [1.54, 1.807) is 12.1 Å². The highest BCUT2D eigenvalue weighted by atomic mass is 19.4. The van der Waals surface area contributed by atoms with Gasteiger partial charge in [-0.3, -0.25) is 4.90 Å². The van der Waals surface area contributed by atoms with Crippen molar-refractivity contribution in [2.75, 3.05) is 26.9 Å². The highest BCUT2D eigenvalue weighted by molar-refractivity contribution is 4.64. The normalized spacial score (nSPS) is 22.9. The smallest absolute Gasteiger partial charge is 0.267 e. The summed E-state index contributed by atoms with van der Waals surface area (Å²) in [6, 6.07) is 0. The van der Waals surface area contributed by atoms with Crippen LogP contribution in [0.15, 0.2) is 0 Å². The van der Waals surface area contributed by atoms with Crippen LogP contribution in [-0.2, 0) is 0 Å². The predicted molar refractivity (Wildman–Crippen MR) is 33.4 cm³/mol. The highest BCUT2D eigenvalue weighted by Crippen LogP contribution is 2.16. The summed E-state index contributed by atoms with van der Waals surface area (Å²) < 4.78 is 35.2. The Kier molecular flexibility index (Phi) is 2.36. The van der Waals surface area contributed by atoms with Gasteiger partial charge >= 0.3 is 6.18 Å². The lowest BCUT2D eigenvalue weighted by atomic mass is 10.6. The zero-order valence-corrected chi connectivity index (χ0v) is 6.15. The molecule has 1 heterocycles. The van der Waals surface area contributed by atoms with Crippen molar-refractivity contribution in [3.05, 3.63) is 0 Å². The first-order valence-electron chi connectivity index (χ1n) is 3.21. The van der Waals surface area contributed by atoms with Crippen molar-refractivity contribution < 1.29 is 13.2 Å². The number of nitrogens with one attached hydrogen (secondary N) is 1. The molecule has 0 aromatic heterocycles. The molecular formula is C5H10F3N3. The molecule has 11 heavy (non-hydrogen) atoms. The highest BCUT2D eigenvalue weighted by Gasteiger charge is 2.32. The lowest BCUT2D eigenvalue weighted by Crippen LogP contribution is -2.33. The second-order valence-corrected chi connectivity index (χ2v) is 2.60. The van der Waals surface area contributed by atoms with Gasteiger partial charge in [-0.1, -0.05) is 0 Å². The molecule has 1 aliphatic rings. The Labute approximate surface area is 62.7 Å². The molecule has 0 bridgehead atoms. The van der Waals surface area contributed by atoms with E-state index in [4.69, 9.17) is 0 Å². The summed E-state index contributed by atoms with van der Waals surface area (Å²) in [5.74, 6) is 0. The van der Waals surface area contributed by atoms with Crippen molar-refractivity contribution in [2.24, 2.45) is 0 Å². The van der Waals surface area contributed by atoms with Crippen LogP contribution in [0.2, 0.25) is 0 Å². The zero-order chi connectivity index (χ0) is 8.48. The lowest BCUT2D eigenvalue weighted by molar-refractivity contribution is -0.144. The molecule has 0 aromatic rings. The second kappa shape index (κ2) is 2.96. The van der Waals surface area contributed by atoms with Crippen LogP contribution in [0, 0.1) is 0 Å². The molecule has 0 spiro atoms. The Morgan fingerprint density at radius 3 is 2.45 bits per heavy atom. The summed E-state index contributed by atoms with van der Waals surface area (Å²) >= 11 is 0. The number of rotatable bonds is 1. The first kappa shape index (κ1) is 8.76. The molecule has 1 aliphatic heterocycles. The third-order valence-electron chi connectivity index (χ3n) is 1.38. The van der Waals surface area contributed by atoms with Gasteiger partial charge in [-0.25, -0.2) is 10.4 Å². The Morgan fingerprint density at radius 2 is 2.09 bits per heavy atom. The van der Waals surface area contributed by atoms with Crippen LogP contribution >= 0.6 is 0 Å². The minimum Gasteiger partial charge on any atom is -0.267 e. The molecule has 3 nitrogen and oxygen atoms in total. The van der Waals surface area contributed by atoms with E-state index in [1.807, 2.05) is 0 Å². The van der Waals surface area contributed by atoms with Crippen LogP contribution in [0.25, 0.3) is 0 Å². The molecule has 1 fully saturated rings. The summed E-state index contributed by atoms with van der Waals surface area (Å²) in [4.78, 5) is 1.28. The molecule has 1 saturated heterocycles. The summed E-state index contributed by atoms with van der Waals surface area (Å²) in [5.41, 5.74) is 2.75. The molecule has 0 aliphatic carbocycles. The van der Waals surface area contributed by atoms with Crippen LogP contribution < -0.4 is 5.43 Å². The van der Waals surface area contributed by atoms with E-state index in [9.17, 15) is 13.2 Å². The van der Waals surface area contributed by atoms with Crippen molar-refractivity contribution in [1.82, 2.24) is 15.3 Å². The summed E-state index contributed by atoms with van der Waals surface area (Å²) in [6.07, 6.45) is -4.09. The van der Waals surface area contributed by atoms with Gasteiger partial charge in [-0.05, 0) is 0 Å². The molecule has 66 valence electrons. The fourth-order valence-electron chi connectivity index (χ4n) is 0.980. The van der Waals surface area contributed by atoms with Crippen molar-refractivity contribution in [1.29, 1.82) is 0 Å². The fourth-order valence-corrected chi connectivity index (χ4v) is 0.980. The van der Waals surface area contributed by atoms with Gasteiger partial charge in [0.25, 0.3) is 0 Å². The molecule has 1 N–H and O–H groups in total. The largest absolute Gasteiger partial charge is 0.401 e. The van der Waals surface area contributed by atoms with Gasteiger partial charge in [0.2, 0.25) is 0 Å². The van der Waals surface area contributed by atoms with Gasteiger partial charge < -0.3 is 0 Å². The van der Waals surface area contributed by atoms with Gasteiger partial charge in [-0.15, -0.1) is 0 Å². The standard InChI is InChI=1S/C5H10F3N3/c1-10-4-11(3-9-10)2-5(6,7)8/h9H,2-4H2,1H3. The Hall–Kier alpha value is -0.330. The number of nitrogens with zero attached hydrogens (tertiary/aromatic N) is 2. The second-order valence-electron chi connectivity index (χ2n) is 2.60. The first-order chi connectivity index (χ1) is 4.97. The summed E-state index contributed by atoms with van der Waals surface area (Å²) in [5, 5.41) is 1.62. The first-order valence-corrected chi connectivity index (χ1v) is 3.21. The van der Waals surface area contributed by atoms with Crippen LogP contribution in [0.3, 0.4) is 0 Å².